The van der Waals surface area contributed by atoms with Crippen molar-refractivity contribution in [1.29, 1.82) is 0 Å². The molecule has 0 aromatic heterocycles. The summed E-state index contributed by atoms with van der Waals surface area (Å²) in [5.41, 5.74) is -0.0785. The third kappa shape index (κ3) is 4.74. The quantitative estimate of drug-likeness (QED) is 0.830. The van der Waals surface area contributed by atoms with E-state index in [1.54, 1.807) is 18.2 Å². The van der Waals surface area contributed by atoms with Crippen molar-refractivity contribution < 1.29 is 14.9 Å². The van der Waals surface area contributed by atoms with Crippen molar-refractivity contribution in [2.24, 2.45) is 5.41 Å². The highest BCUT2D eigenvalue weighted by Crippen LogP contribution is 2.32. The number of nitrogens with zero attached hydrogens (tertiary/aromatic N) is 1. The first-order chi connectivity index (χ1) is 10.4. The molecule has 22 heavy (non-hydrogen) atoms. The Labute approximate surface area is 141 Å². The van der Waals surface area contributed by atoms with Crippen molar-refractivity contribution >= 4 is 23.2 Å². The minimum atomic E-state index is -0.631. The Kier molecular flexibility index (Phi) is 6.36. The summed E-state index contributed by atoms with van der Waals surface area (Å²) in [5, 5.41) is 20.5. The molecule has 0 saturated carbocycles. The number of para-hydroxylation sites is 1. The van der Waals surface area contributed by atoms with Gasteiger partial charge in [0.25, 0.3) is 0 Å². The van der Waals surface area contributed by atoms with Gasteiger partial charge in [0.2, 0.25) is 0 Å². The van der Waals surface area contributed by atoms with Crippen LogP contribution in [0.25, 0.3) is 0 Å². The number of halogens is 2. The number of benzene rings is 1. The normalized spacial score (nSPS) is 24.2. The van der Waals surface area contributed by atoms with E-state index in [1.807, 2.05) is 0 Å². The fourth-order valence-electron chi connectivity index (χ4n) is 2.86. The molecule has 2 atom stereocenters. The molecule has 2 N–H and O–H groups in total. The van der Waals surface area contributed by atoms with Gasteiger partial charge in [-0.25, -0.2) is 0 Å². The van der Waals surface area contributed by atoms with Gasteiger partial charge in [-0.15, -0.1) is 0 Å². The van der Waals surface area contributed by atoms with Crippen LogP contribution in [0.3, 0.4) is 0 Å². The molecule has 1 aliphatic heterocycles. The minimum absolute atomic E-state index is 0.0785. The Balaban J connectivity index is 1.84. The van der Waals surface area contributed by atoms with Gasteiger partial charge in [0.15, 0.2) is 5.75 Å². The maximum atomic E-state index is 10.2. The van der Waals surface area contributed by atoms with Gasteiger partial charge in [-0.3, -0.25) is 0 Å². The van der Waals surface area contributed by atoms with Gasteiger partial charge in [-0.2, -0.15) is 0 Å². The summed E-state index contributed by atoms with van der Waals surface area (Å²) < 4.78 is 5.56. The molecule has 2 rings (SSSR count). The fourth-order valence-corrected chi connectivity index (χ4v) is 3.37. The smallest absolute Gasteiger partial charge is 0.156 e. The molecule has 1 fully saturated rings. The van der Waals surface area contributed by atoms with Gasteiger partial charge in [-0.1, -0.05) is 36.2 Å². The highest BCUT2D eigenvalue weighted by atomic mass is 35.5. The van der Waals surface area contributed by atoms with Crippen LogP contribution in [0.5, 0.6) is 5.75 Å². The van der Waals surface area contributed by atoms with E-state index in [0.29, 0.717) is 22.3 Å². The van der Waals surface area contributed by atoms with Crippen LogP contribution >= 0.6 is 23.2 Å². The van der Waals surface area contributed by atoms with Gasteiger partial charge < -0.3 is 19.8 Å². The zero-order valence-corrected chi connectivity index (χ0v) is 14.3. The lowest BCUT2D eigenvalue weighted by Crippen LogP contribution is -2.47. The van der Waals surface area contributed by atoms with E-state index >= 15 is 0 Å². The molecular formula is C16H23Cl2NO3. The van der Waals surface area contributed by atoms with Gasteiger partial charge in [-0.05, 0) is 31.5 Å². The predicted molar refractivity (Wildman–Crippen MR) is 88.8 cm³/mol. The van der Waals surface area contributed by atoms with E-state index < -0.39 is 6.10 Å². The summed E-state index contributed by atoms with van der Waals surface area (Å²) in [7, 11) is 0. The molecule has 0 bridgehead atoms. The van der Waals surface area contributed by atoms with E-state index in [1.165, 1.54) is 0 Å². The second-order valence-corrected chi connectivity index (χ2v) is 7.14. The van der Waals surface area contributed by atoms with Crippen molar-refractivity contribution in [2.75, 3.05) is 32.8 Å². The van der Waals surface area contributed by atoms with Crippen molar-refractivity contribution in [3.05, 3.63) is 28.2 Å². The van der Waals surface area contributed by atoms with Crippen molar-refractivity contribution in [1.82, 2.24) is 4.90 Å². The topological polar surface area (TPSA) is 52.9 Å². The first-order valence-electron chi connectivity index (χ1n) is 7.52. The summed E-state index contributed by atoms with van der Waals surface area (Å²) in [6.45, 7) is 4.61. The molecule has 0 aliphatic carbocycles. The van der Waals surface area contributed by atoms with E-state index in [9.17, 15) is 10.2 Å². The summed E-state index contributed by atoms with van der Waals surface area (Å²) in [4.78, 5) is 2.17. The lowest BCUT2D eigenvalue weighted by Gasteiger charge is -2.40. The van der Waals surface area contributed by atoms with Gasteiger partial charge >= 0.3 is 0 Å². The van der Waals surface area contributed by atoms with E-state index in [2.05, 4.69) is 11.8 Å². The first-order valence-corrected chi connectivity index (χ1v) is 8.27. The molecule has 6 heteroatoms. The molecule has 2 unspecified atom stereocenters. The first kappa shape index (κ1) is 17.8. The van der Waals surface area contributed by atoms with Gasteiger partial charge in [0.1, 0.15) is 12.7 Å². The van der Waals surface area contributed by atoms with Crippen molar-refractivity contribution in [3.63, 3.8) is 0 Å². The second kappa shape index (κ2) is 7.84. The maximum Gasteiger partial charge on any atom is 0.156 e. The summed E-state index contributed by atoms with van der Waals surface area (Å²) in [6, 6.07) is 5.15. The summed E-state index contributed by atoms with van der Waals surface area (Å²) >= 11 is 12.1. The second-order valence-electron chi connectivity index (χ2n) is 6.32. The lowest BCUT2D eigenvalue weighted by atomic mass is 9.83. The Morgan fingerprint density at radius 1 is 1.36 bits per heavy atom. The van der Waals surface area contributed by atoms with Crippen LogP contribution in [0.4, 0.5) is 0 Å². The van der Waals surface area contributed by atoms with Crippen LogP contribution in [0.2, 0.25) is 10.0 Å². The molecule has 0 amide bonds. The SMILES string of the molecule is CC1(CO)CCCN(CC(O)COc2c(Cl)cccc2Cl)C1. The highest BCUT2D eigenvalue weighted by molar-refractivity contribution is 6.37. The molecule has 1 aliphatic rings. The van der Waals surface area contributed by atoms with E-state index in [4.69, 9.17) is 27.9 Å². The van der Waals surface area contributed by atoms with Crippen LogP contribution in [-0.4, -0.2) is 54.1 Å². The zero-order valence-electron chi connectivity index (χ0n) is 12.8. The van der Waals surface area contributed by atoms with Crippen LogP contribution in [0.15, 0.2) is 18.2 Å². The third-order valence-corrected chi connectivity index (χ3v) is 4.64. The highest BCUT2D eigenvalue weighted by Gasteiger charge is 2.31. The molecular weight excluding hydrogens is 325 g/mol. The molecule has 1 aromatic carbocycles. The number of β-amino-alcohol motifs (C(OH)–C–C–N with tert-alkyl or cyclic N) is 1. The number of aliphatic hydroxyl groups excluding tert-OH is 2. The van der Waals surface area contributed by atoms with Crippen LogP contribution in [0, 0.1) is 5.41 Å². The number of rotatable bonds is 6. The Morgan fingerprint density at radius 2 is 2.05 bits per heavy atom. The number of hydrogen-bond donors (Lipinski definition) is 2. The zero-order chi connectivity index (χ0) is 16.2. The molecule has 124 valence electrons. The molecule has 0 spiro atoms. The average Bonchev–Trinajstić information content (AvgIpc) is 2.47. The van der Waals surface area contributed by atoms with E-state index in [0.717, 1.165) is 25.9 Å². The van der Waals surface area contributed by atoms with Crippen LogP contribution in [-0.2, 0) is 0 Å². The average molecular weight is 348 g/mol. The number of hydrogen-bond acceptors (Lipinski definition) is 4. The van der Waals surface area contributed by atoms with Crippen molar-refractivity contribution in [3.8, 4) is 5.75 Å². The Bertz CT molecular complexity index is 480. The summed E-state index contributed by atoms with van der Waals surface area (Å²) in [6.07, 6.45) is 1.41. The lowest BCUT2D eigenvalue weighted by molar-refractivity contribution is 0.0101. The van der Waals surface area contributed by atoms with Gasteiger partial charge in [0.05, 0.1) is 10.0 Å². The molecule has 4 nitrogen and oxygen atoms in total. The predicted octanol–water partition coefficient (Wildman–Crippen LogP) is 2.83. The largest absolute Gasteiger partial charge is 0.488 e. The number of piperidine rings is 1. The Morgan fingerprint density at radius 3 is 2.68 bits per heavy atom. The third-order valence-electron chi connectivity index (χ3n) is 4.05. The van der Waals surface area contributed by atoms with Crippen molar-refractivity contribution in [2.45, 2.75) is 25.9 Å². The summed E-state index contributed by atoms with van der Waals surface area (Å²) in [5.74, 6) is 0.406. The molecule has 1 saturated heterocycles. The monoisotopic (exact) mass is 347 g/mol. The van der Waals surface area contributed by atoms with E-state index in [-0.39, 0.29) is 18.6 Å². The molecule has 1 aromatic rings. The number of likely N-dealkylation sites (tertiary alicyclic amines) is 1. The molecule has 1 heterocycles. The number of ether oxygens (including phenoxy) is 1. The standard InChI is InChI=1S/C16H23Cl2NO3/c1-16(11-20)6-3-7-19(10-16)8-12(21)9-22-15-13(17)4-2-5-14(15)18/h2,4-5,12,20-21H,3,6-11H2,1H3. The Hall–Kier alpha value is -0.520. The maximum absolute atomic E-state index is 10.2. The molecule has 0 radical (unpaired) electrons. The van der Waals surface area contributed by atoms with Crippen LogP contribution < -0.4 is 4.74 Å². The minimum Gasteiger partial charge on any atom is -0.488 e. The fraction of sp³-hybridized carbons (Fsp3) is 0.625. The van der Waals surface area contributed by atoms with Gasteiger partial charge in [0, 0.05) is 25.1 Å². The van der Waals surface area contributed by atoms with Crippen LogP contribution in [0.1, 0.15) is 19.8 Å². The number of aliphatic hydroxyl groups is 2.